The Labute approximate surface area is 102 Å². The summed E-state index contributed by atoms with van der Waals surface area (Å²) in [6.07, 6.45) is 7.34. The molecule has 90 valence electrons. The molecule has 0 radical (unpaired) electrons. The molecule has 1 aromatic carbocycles. The lowest BCUT2D eigenvalue weighted by Gasteiger charge is -2.13. The van der Waals surface area contributed by atoms with Crippen LogP contribution < -0.4 is 9.47 Å². The first kappa shape index (κ1) is 13.1. The maximum absolute atomic E-state index is 10.9. The summed E-state index contributed by atoms with van der Waals surface area (Å²) in [4.78, 5) is 10.9. The highest BCUT2D eigenvalue weighted by molar-refractivity contribution is 5.81. The Kier molecular flexibility index (Phi) is 5.67. The minimum absolute atomic E-state index is 0.481. The number of aldehydes is 1. The fourth-order valence-electron chi connectivity index (χ4n) is 1.40. The fraction of sp³-hybridized carbons (Fsp3) is 0.357. The summed E-state index contributed by atoms with van der Waals surface area (Å²) < 4.78 is 11.0. The van der Waals surface area contributed by atoms with Gasteiger partial charge in [0, 0.05) is 6.42 Å². The van der Waals surface area contributed by atoms with E-state index in [-0.39, 0.29) is 0 Å². The van der Waals surface area contributed by atoms with Crippen LogP contribution in [-0.4, -0.2) is 19.5 Å². The quantitative estimate of drug-likeness (QED) is 0.412. The molecule has 3 nitrogen and oxygen atoms in total. The van der Waals surface area contributed by atoms with E-state index in [1.807, 2.05) is 6.92 Å². The third kappa shape index (κ3) is 3.84. The molecule has 1 aromatic rings. The maximum Gasteiger partial charge on any atom is 0.171 e. The summed E-state index contributed by atoms with van der Waals surface area (Å²) in [5.41, 5.74) is 0.497. The number of unbranched alkanes of at least 4 members (excludes halogenated alkanes) is 1. The molecule has 0 aromatic heterocycles. The van der Waals surface area contributed by atoms with Crippen molar-refractivity contribution in [2.24, 2.45) is 0 Å². The van der Waals surface area contributed by atoms with Crippen molar-refractivity contribution in [2.75, 3.05) is 13.2 Å². The van der Waals surface area contributed by atoms with Gasteiger partial charge in [-0.15, -0.1) is 12.3 Å². The molecule has 17 heavy (non-hydrogen) atoms. The second kappa shape index (κ2) is 7.34. The highest BCUT2D eigenvalue weighted by Gasteiger charge is 2.09. The average molecular weight is 232 g/mol. The second-order valence-corrected chi connectivity index (χ2v) is 3.38. The smallest absolute Gasteiger partial charge is 0.171 e. The molecule has 0 heterocycles. The Morgan fingerprint density at radius 1 is 1.41 bits per heavy atom. The lowest BCUT2D eigenvalue weighted by molar-refractivity contribution is 0.111. The van der Waals surface area contributed by atoms with Crippen molar-refractivity contribution in [3.05, 3.63) is 23.8 Å². The Hall–Kier alpha value is -1.95. The Morgan fingerprint density at radius 2 is 2.24 bits per heavy atom. The minimum atomic E-state index is 0.481. The summed E-state index contributed by atoms with van der Waals surface area (Å²) in [5.74, 6) is 3.64. The van der Waals surface area contributed by atoms with Crippen LogP contribution in [0.3, 0.4) is 0 Å². The Balaban J connectivity index is 2.78. The van der Waals surface area contributed by atoms with E-state index in [9.17, 15) is 4.79 Å². The number of ether oxygens (including phenoxy) is 2. The monoisotopic (exact) mass is 232 g/mol. The molecule has 3 heteroatoms. The molecule has 0 aliphatic heterocycles. The number of hydrogen-bond donors (Lipinski definition) is 0. The van der Waals surface area contributed by atoms with Gasteiger partial charge in [0.25, 0.3) is 0 Å². The summed E-state index contributed by atoms with van der Waals surface area (Å²) >= 11 is 0. The molecule has 1 rings (SSSR count). The van der Waals surface area contributed by atoms with Crippen LogP contribution in [0.5, 0.6) is 11.5 Å². The molecule has 0 N–H and O–H groups in total. The summed E-state index contributed by atoms with van der Waals surface area (Å²) in [7, 11) is 0. The standard InChI is InChI=1S/C14H16O3/c1-3-5-6-10-17-14-12(11-15)8-7-9-13(14)16-4-2/h1,7-9,11H,4-6,10H2,2H3. The van der Waals surface area contributed by atoms with Crippen LogP contribution in [0.15, 0.2) is 18.2 Å². The summed E-state index contributed by atoms with van der Waals surface area (Å²) in [6, 6.07) is 5.25. The molecule has 0 amide bonds. The van der Waals surface area contributed by atoms with Gasteiger partial charge in [-0.2, -0.15) is 0 Å². The van der Waals surface area contributed by atoms with Crippen LogP contribution in [0.4, 0.5) is 0 Å². The predicted molar refractivity (Wildman–Crippen MR) is 66.6 cm³/mol. The van der Waals surface area contributed by atoms with Gasteiger partial charge in [-0.05, 0) is 25.5 Å². The molecule has 0 aliphatic carbocycles. The second-order valence-electron chi connectivity index (χ2n) is 3.38. The van der Waals surface area contributed by atoms with Crippen molar-refractivity contribution >= 4 is 6.29 Å². The molecule has 0 aliphatic rings. The summed E-state index contributed by atoms with van der Waals surface area (Å²) in [5, 5.41) is 0. The van der Waals surface area contributed by atoms with Crippen molar-refractivity contribution in [3.8, 4) is 23.8 Å². The van der Waals surface area contributed by atoms with Crippen LogP contribution in [0.1, 0.15) is 30.1 Å². The third-order valence-electron chi connectivity index (χ3n) is 2.15. The lowest BCUT2D eigenvalue weighted by atomic mass is 10.2. The van der Waals surface area contributed by atoms with Crippen LogP contribution in [0, 0.1) is 12.3 Å². The van der Waals surface area contributed by atoms with E-state index in [0.29, 0.717) is 36.7 Å². The van der Waals surface area contributed by atoms with Gasteiger partial charge >= 0.3 is 0 Å². The Bertz CT molecular complexity index is 404. The normalized spacial score (nSPS) is 9.41. The van der Waals surface area contributed by atoms with Gasteiger partial charge in [0.05, 0.1) is 18.8 Å². The first-order valence-corrected chi connectivity index (χ1v) is 5.60. The number of benzene rings is 1. The fourth-order valence-corrected chi connectivity index (χ4v) is 1.40. The van der Waals surface area contributed by atoms with Crippen LogP contribution in [-0.2, 0) is 0 Å². The molecule has 0 saturated heterocycles. The average Bonchev–Trinajstić information content (AvgIpc) is 2.36. The predicted octanol–water partition coefficient (Wildman–Crippen LogP) is 2.69. The molecule has 0 unspecified atom stereocenters. The van der Waals surface area contributed by atoms with E-state index in [2.05, 4.69) is 5.92 Å². The number of hydrogen-bond acceptors (Lipinski definition) is 3. The zero-order valence-corrected chi connectivity index (χ0v) is 9.94. The molecule has 0 atom stereocenters. The maximum atomic E-state index is 10.9. The zero-order chi connectivity index (χ0) is 12.5. The third-order valence-corrected chi connectivity index (χ3v) is 2.15. The highest BCUT2D eigenvalue weighted by Crippen LogP contribution is 2.30. The zero-order valence-electron chi connectivity index (χ0n) is 9.94. The van der Waals surface area contributed by atoms with Gasteiger partial charge in [0.15, 0.2) is 17.8 Å². The topological polar surface area (TPSA) is 35.5 Å². The minimum Gasteiger partial charge on any atom is -0.490 e. The van der Waals surface area contributed by atoms with Gasteiger partial charge in [-0.25, -0.2) is 0 Å². The lowest BCUT2D eigenvalue weighted by Crippen LogP contribution is -2.03. The molecule has 0 fully saturated rings. The van der Waals surface area contributed by atoms with E-state index in [1.165, 1.54) is 0 Å². The van der Waals surface area contributed by atoms with Crippen molar-refractivity contribution in [1.29, 1.82) is 0 Å². The van der Waals surface area contributed by atoms with Crippen molar-refractivity contribution in [2.45, 2.75) is 19.8 Å². The van der Waals surface area contributed by atoms with E-state index in [4.69, 9.17) is 15.9 Å². The SMILES string of the molecule is C#CCCCOc1c(C=O)cccc1OCC. The highest BCUT2D eigenvalue weighted by atomic mass is 16.5. The molecular formula is C14H16O3. The van der Waals surface area contributed by atoms with Gasteiger partial charge in [0.1, 0.15) is 0 Å². The molecule has 0 bridgehead atoms. The van der Waals surface area contributed by atoms with Crippen molar-refractivity contribution < 1.29 is 14.3 Å². The van der Waals surface area contributed by atoms with Crippen molar-refractivity contribution in [3.63, 3.8) is 0 Å². The number of terminal acetylenes is 1. The van der Waals surface area contributed by atoms with Gasteiger partial charge in [0.2, 0.25) is 0 Å². The molecule has 0 spiro atoms. The van der Waals surface area contributed by atoms with E-state index < -0.39 is 0 Å². The first-order chi connectivity index (χ1) is 8.33. The van der Waals surface area contributed by atoms with Gasteiger partial charge < -0.3 is 9.47 Å². The number of carbonyl (C=O) groups is 1. The van der Waals surface area contributed by atoms with Gasteiger partial charge in [-0.3, -0.25) is 4.79 Å². The first-order valence-electron chi connectivity index (χ1n) is 5.60. The van der Waals surface area contributed by atoms with Crippen LogP contribution in [0.25, 0.3) is 0 Å². The van der Waals surface area contributed by atoms with E-state index in [0.717, 1.165) is 12.7 Å². The van der Waals surface area contributed by atoms with Crippen molar-refractivity contribution in [1.82, 2.24) is 0 Å². The number of carbonyl (C=O) groups excluding carboxylic acids is 1. The summed E-state index contributed by atoms with van der Waals surface area (Å²) in [6.45, 7) is 2.90. The largest absolute Gasteiger partial charge is 0.490 e. The van der Waals surface area contributed by atoms with E-state index >= 15 is 0 Å². The number of para-hydroxylation sites is 1. The van der Waals surface area contributed by atoms with Gasteiger partial charge in [-0.1, -0.05) is 6.07 Å². The molecular weight excluding hydrogens is 216 g/mol. The van der Waals surface area contributed by atoms with Crippen LogP contribution in [0.2, 0.25) is 0 Å². The van der Waals surface area contributed by atoms with Crippen LogP contribution >= 0.6 is 0 Å². The van der Waals surface area contributed by atoms with E-state index in [1.54, 1.807) is 18.2 Å². The molecule has 0 saturated carbocycles. The Morgan fingerprint density at radius 3 is 2.88 bits per heavy atom. The number of rotatable bonds is 7.